The van der Waals surface area contributed by atoms with Crippen molar-refractivity contribution in [3.8, 4) is 11.1 Å². The molecule has 0 bridgehead atoms. The zero-order chi connectivity index (χ0) is 25.8. The Balaban J connectivity index is 1.75. The molecule has 0 unspecified atom stereocenters. The van der Waals surface area contributed by atoms with Gasteiger partial charge in [0.15, 0.2) is 5.78 Å². The van der Waals surface area contributed by atoms with E-state index in [1.807, 2.05) is 54.6 Å². The number of benzene rings is 2. The predicted octanol–water partition coefficient (Wildman–Crippen LogP) is 4.20. The summed E-state index contributed by atoms with van der Waals surface area (Å²) in [5, 5.41) is 2.51. The van der Waals surface area contributed by atoms with Gasteiger partial charge in [0.1, 0.15) is 5.60 Å². The zero-order valence-electron chi connectivity index (χ0n) is 20.6. The van der Waals surface area contributed by atoms with Crippen LogP contribution < -0.4 is 5.32 Å². The fourth-order valence-corrected chi connectivity index (χ4v) is 3.69. The van der Waals surface area contributed by atoms with Crippen molar-refractivity contribution in [1.29, 1.82) is 0 Å². The van der Waals surface area contributed by atoms with Crippen molar-refractivity contribution in [3.63, 3.8) is 0 Å². The number of carbonyl (C=O) groups is 4. The van der Waals surface area contributed by atoms with Crippen molar-refractivity contribution in [2.24, 2.45) is 5.92 Å². The molecule has 1 atom stereocenters. The Kier molecular flexibility index (Phi) is 7.63. The van der Waals surface area contributed by atoms with Crippen LogP contribution >= 0.6 is 0 Å². The molecule has 1 N–H and O–H groups in total. The lowest BCUT2D eigenvalue weighted by Crippen LogP contribution is -2.54. The Bertz CT molecular complexity index is 1060. The summed E-state index contributed by atoms with van der Waals surface area (Å²) in [4.78, 5) is 50.5. The van der Waals surface area contributed by atoms with Crippen LogP contribution in [0.25, 0.3) is 11.1 Å². The molecule has 3 rings (SSSR count). The minimum atomic E-state index is -1.77. The molecule has 1 aliphatic rings. The number of hydrogen-bond acceptors (Lipinski definition) is 7. The van der Waals surface area contributed by atoms with Gasteiger partial charge in [-0.3, -0.25) is 14.4 Å². The van der Waals surface area contributed by atoms with Crippen LogP contribution in [0.4, 0.5) is 4.79 Å². The van der Waals surface area contributed by atoms with Gasteiger partial charge < -0.3 is 19.5 Å². The third-order valence-electron chi connectivity index (χ3n) is 5.27. The van der Waals surface area contributed by atoms with Gasteiger partial charge in [0.25, 0.3) is 5.79 Å². The van der Waals surface area contributed by atoms with Crippen LogP contribution in [-0.4, -0.2) is 41.2 Å². The average molecular weight is 482 g/mol. The molecule has 0 saturated carbocycles. The Morgan fingerprint density at radius 2 is 1.49 bits per heavy atom. The molecule has 1 aliphatic heterocycles. The number of aryl methyl sites for hydroxylation is 1. The number of nitrogens with one attached hydrogen (secondary N) is 1. The molecule has 1 heterocycles. The number of ketones is 1. The normalized spacial score (nSPS) is 16.6. The summed E-state index contributed by atoms with van der Waals surface area (Å²) < 4.78 is 15.4. The quantitative estimate of drug-likeness (QED) is 0.466. The summed E-state index contributed by atoms with van der Waals surface area (Å²) in [6, 6.07) is 16.5. The third kappa shape index (κ3) is 7.15. The molecule has 1 saturated heterocycles. The number of hydrogen-bond donors (Lipinski definition) is 1. The van der Waals surface area contributed by atoms with Gasteiger partial charge in [0.2, 0.25) is 5.92 Å². The fourth-order valence-electron chi connectivity index (χ4n) is 3.69. The first-order valence-corrected chi connectivity index (χ1v) is 11.5. The van der Waals surface area contributed by atoms with Crippen molar-refractivity contribution < 1.29 is 33.4 Å². The van der Waals surface area contributed by atoms with E-state index >= 15 is 0 Å². The van der Waals surface area contributed by atoms with E-state index < -0.39 is 47.2 Å². The summed E-state index contributed by atoms with van der Waals surface area (Å²) in [6.07, 6.45) is -0.277. The predicted molar refractivity (Wildman–Crippen MR) is 128 cm³/mol. The highest BCUT2D eigenvalue weighted by Crippen LogP contribution is 2.26. The standard InChI is InChI=1S/C27H31NO7/c1-26(2,3)35-25(32)28-20(22(29)21-23(30)33-27(4,5)34-24(21)31)16-13-17-11-14-19(15-12-17)18-9-7-6-8-10-18/h6-12,14-15,20-21H,13,16H2,1-5H3,(H,28,32)/t20-/m1/s1. The van der Waals surface area contributed by atoms with Crippen LogP contribution in [0.2, 0.25) is 0 Å². The van der Waals surface area contributed by atoms with E-state index in [-0.39, 0.29) is 6.42 Å². The number of alkyl carbamates (subject to hydrolysis) is 1. The molecule has 0 aromatic heterocycles. The lowest BCUT2D eigenvalue weighted by Gasteiger charge is -2.33. The monoisotopic (exact) mass is 481 g/mol. The molecule has 35 heavy (non-hydrogen) atoms. The van der Waals surface area contributed by atoms with Crippen molar-refractivity contribution in [2.45, 2.75) is 64.9 Å². The van der Waals surface area contributed by atoms with E-state index in [1.54, 1.807) is 20.8 Å². The molecule has 2 aromatic carbocycles. The molecule has 186 valence electrons. The van der Waals surface area contributed by atoms with E-state index in [4.69, 9.17) is 14.2 Å². The molecule has 8 nitrogen and oxygen atoms in total. The maximum Gasteiger partial charge on any atom is 0.408 e. The second-order valence-corrected chi connectivity index (χ2v) is 9.88. The molecular formula is C27H31NO7. The molecule has 0 spiro atoms. The van der Waals surface area contributed by atoms with Crippen molar-refractivity contribution >= 4 is 23.8 Å². The summed E-state index contributed by atoms with van der Waals surface area (Å²) >= 11 is 0. The van der Waals surface area contributed by atoms with Gasteiger partial charge in [0, 0.05) is 13.8 Å². The number of cyclic esters (lactones) is 2. The van der Waals surface area contributed by atoms with Crippen molar-refractivity contribution in [3.05, 3.63) is 60.2 Å². The molecule has 1 fully saturated rings. The SMILES string of the molecule is CC(C)(C)OC(=O)N[C@H](CCc1ccc(-c2ccccc2)cc1)C(=O)C1C(=O)OC(C)(C)OC1=O. The highest BCUT2D eigenvalue weighted by Gasteiger charge is 2.49. The van der Waals surface area contributed by atoms with Crippen LogP contribution in [0, 0.1) is 5.92 Å². The average Bonchev–Trinajstić information content (AvgIpc) is 2.75. The van der Waals surface area contributed by atoms with E-state index in [0.717, 1.165) is 16.7 Å². The molecule has 2 aromatic rings. The molecule has 0 aliphatic carbocycles. The zero-order valence-corrected chi connectivity index (χ0v) is 20.6. The molecular weight excluding hydrogens is 450 g/mol. The smallest absolute Gasteiger partial charge is 0.408 e. The largest absolute Gasteiger partial charge is 0.444 e. The van der Waals surface area contributed by atoms with Crippen LogP contribution in [0.5, 0.6) is 0 Å². The van der Waals surface area contributed by atoms with Crippen LogP contribution in [0.15, 0.2) is 54.6 Å². The van der Waals surface area contributed by atoms with E-state index in [1.165, 1.54) is 13.8 Å². The number of ether oxygens (including phenoxy) is 3. The van der Waals surface area contributed by atoms with Gasteiger partial charge in [-0.2, -0.15) is 0 Å². The van der Waals surface area contributed by atoms with Crippen molar-refractivity contribution in [2.75, 3.05) is 0 Å². The van der Waals surface area contributed by atoms with Crippen molar-refractivity contribution in [1.82, 2.24) is 5.32 Å². The molecule has 0 radical (unpaired) electrons. The Morgan fingerprint density at radius 3 is 2.03 bits per heavy atom. The molecule has 8 heteroatoms. The minimum Gasteiger partial charge on any atom is -0.444 e. The first-order chi connectivity index (χ1) is 16.3. The van der Waals surface area contributed by atoms with Gasteiger partial charge in [-0.1, -0.05) is 54.6 Å². The number of Topliss-reactive ketones (excluding diaryl/α,β-unsaturated/α-hetero) is 1. The summed E-state index contributed by atoms with van der Waals surface area (Å²) in [5.41, 5.74) is 2.25. The Morgan fingerprint density at radius 1 is 0.943 bits per heavy atom. The second kappa shape index (κ2) is 10.3. The highest BCUT2D eigenvalue weighted by atomic mass is 16.7. The van der Waals surface area contributed by atoms with Gasteiger partial charge >= 0.3 is 18.0 Å². The third-order valence-corrected chi connectivity index (χ3v) is 5.27. The summed E-state index contributed by atoms with van der Waals surface area (Å²) in [5.74, 6) is -6.04. The number of carbonyl (C=O) groups excluding carboxylic acids is 4. The second-order valence-electron chi connectivity index (χ2n) is 9.88. The number of amides is 1. The summed E-state index contributed by atoms with van der Waals surface area (Å²) in [6.45, 7) is 7.87. The maximum atomic E-state index is 13.2. The molecule has 1 amide bonds. The lowest BCUT2D eigenvalue weighted by molar-refractivity contribution is -0.238. The van der Waals surface area contributed by atoms with Crippen LogP contribution in [0.1, 0.15) is 46.6 Å². The number of rotatable bonds is 7. The highest BCUT2D eigenvalue weighted by molar-refractivity contribution is 6.17. The van der Waals surface area contributed by atoms with Gasteiger partial charge in [0.05, 0.1) is 6.04 Å². The summed E-state index contributed by atoms with van der Waals surface area (Å²) in [7, 11) is 0. The van der Waals surface area contributed by atoms with Gasteiger partial charge in [-0.15, -0.1) is 0 Å². The topological polar surface area (TPSA) is 108 Å². The van der Waals surface area contributed by atoms with Gasteiger partial charge in [-0.25, -0.2) is 4.79 Å². The minimum absolute atomic E-state index is 0.142. The first-order valence-electron chi connectivity index (χ1n) is 11.5. The lowest BCUT2D eigenvalue weighted by atomic mass is 9.92. The first kappa shape index (κ1) is 25.9. The van der Waals surface area contributed by atoms with E-state index in [2.05, 4.69) is 5.32 Å². The number of esters is 2. The Hall–Kier alpha value is -3.68. The van der Waals surface area contributed by atoms with E-state index in [9.17, 15) is 19.2 Å². The van der Waals surface area contributed by atoms with Crippen LogP contribution in [0.3, 0.4) is 0 Å². The van der Waals surface area contributed by atoms with E-state index in [0.29, 0.717) is 6.42 Å². The Labute approximate surface area is 204 Å². The van der Waals surface area contributed by atoms with Crippen LogP contribution in [-0.2, 0) is 35.0 Å². The maximum absolute atomic E-state index is 13.2. The fraction of sp³-hybridized carbons (Fsp3) is 0.407. The van der Waals surface area contributed by atoms with Gasteiger partial charge in [-0.05, 0) is 50.3 Å².